The average Bonchev–Trinajstić information content (AvgIpc) is 2.89. The fourth-order valence-corrected chi connectivity index (χ4v) is 3.82. The molecule has 4 rings (SSSR count). The number of hydrogen-bond acceptors (Lipinski definition) is 6. The van der Waals surface area contributed by atoms with E-state index in [1.54, 1.807) is 43.5 Å². The molecule has 0 saturated carbocycles. The van der Waals surface area contributed by atoms with Gasteiger partial charge in [-0.05, 0) is 107 Å². The zero-order valence-corrected chi connectivity index (χ0v) is 20.9. The van der Waals surface area contributed by atoms with Gasteiger partial charge in [-0.25, -0.2) is 4.79 Å². The fraction of sp³-hybridized carbons (Fsp3) is 0.107. The van der Waals surface area contributed by atoms with E-state index in [1.807, 2.05) is 61.5 Å². The lowest BCUT2D eigenvalue weighted by molar-refractivity contribution is 0.0735. The molecule has 0 unspecified atom stereocenters. The summed E-state index contributed by atoms with van der Waals surface area (Å²) < 4.78 is 17.1. The van der Waals surface area contributed by atoms with Crippen LogP contribution in [0.5, 0.6) is 17.2 Å². The van der Waals surface area contributed by atoms with Crippen LogP contribution in [0.15, 0.2) is 106 Å². The van der Waals surface area contributed by atoms with Gasteiger partial charge in [0.05, 0.1) is 35.1 Å². The maximum atomic E-state index is 12.6. The van der Waals surface area contributed by atoms with E-state index in [1.165, 1.54) is 0 Å². The Kier molecular flexibility index (Phi) is 7.90. The molecule has 7 heteroatoms. The number of ether oxygens (including phenoxy) is 3. The van der Waals surface area contributed by atoms with E-state index >= 15 is 0 Å². The molecule has 0 aliphatic rings. The molecule has 0 heterocycles. The van der Waals surface area contributed by atoms with E-state index in [0.29, 0.717) is 23.6 Å². The van der Waals surface area contributed by atoms with Crippen molar-refractivity contribution in [3.63, 3.8) is 0 Å². The van der Waals surface area contributed by atoms with Gasteiger partial charge >= 0.3 is 5.97 Å². The number of carbonyl (C=O) groups excluding carboxylic acids is 1. The molecule has 4 aromatic carbocycles. The van der Waals surface area contributed by atoms with Crippen molar-refractivity contribution in [3.8, 4) is 28.4 Å². The number of methoxy groups -OCH3 is 1. The van der Waals surface area contributed by atoms with Crippen molar-refractivity contribution in [1.29, 1.82) is 0 Å². The quantitative estimate of drug-likeness (QED) is 0.131. The summed E-state index contributed by atoms with van der Waals surface area (Å²) in [6.45, 7) is 2.55. The van der Waals surface area contributed by atoms with Crippen LogP contribution in [0.4, 0.5) is 11.4 Å². The zero-order valence-electron chi connectivity index (χ0n) is 19.3. The minimum absolute atomic E-state index is 0.429. The van der Waals surface area contributed by atoms with Crippen molar-refractivity contribution in [2.75, 3.05) is 13.7 Å². The van der Waals surface area contributed by atoms with Crippen molar-refractivity contribution in [2.24, 2.45) is 10.2 Å². The second-order valence-electron chi connectivity index (χ2n) is 7.44. The van der Waals surface area contributed by atoms with Crippen LogP contribution in [-0.2, 0) is 0 Å². The highest BCUT2D eigenvalue weighted by molar-refractivity contribution is 9.10. The summed E-state index contributed by atoms with van der Waals surface area (Å²) in [6, 6.07) is 27.3. The second-order valence-corrected chi connectivity index (χ2v) is 8.29. The van der Waals surface area contributed by atoms with E-state index in [4.69, 9.17) is 14.2 Å². The van der Waals surface area contributed by atoms with Gasteiger partial charge in [-0.15, -0.1) is 0 Å². The first-order valence-corrected chi connectivity index (χ1v) is 11.8. The molecule has 4 aromatic rings. The maximum absolute atomic E-state index is 12.6. The fourth-order valence-electron chi connectivity index (χ4n) is 3.28. The van der Waals surface area contributed by atoms with Crippen LogP contribution in [-0.4, -0.2) is 19.7 Å². The molecule has 0 spiro atoms. The van der Waals surface area contributed by atoms with Crippen molar-refractivity contribution in [3.05, 3.63) is 101 Å². The average molecular weight is 531 g/mol. The van der Waals surface area contributed by atoms with Gasteiger partial charge in [0.25, 0.3) is 0 Å². The molecule has 0 N–H and O–H groups in total. The predicted octanol–water partition coefficient (Wildman–Crippen LogP) is 8.16. The molecule has 0 radical (unpaired) electrons. The summed E-state index contributed by atoms with van der Waals surface area (Å²) in [5.74, 6) is 1.55. The summed E-state index contributed by atoms with van der Waals surface area (Å²) in [5, 5.41) is 8.43. The van der Waals surface area contributed by atoms with E-state index in [2.05, 4.69) is 26.2 Å². The summed E-state index contributed by atoms with van der Waals surface area (Å²) in [4.78, 5) is 12.6. The van der Waals surface area contributed by atoms with Gasteiger partial charge < -0.3 is 14.2 Å². The van der Waals surface area contributed by atoms with E-state index in [9.17, 15) is 4.79 Å². The van der Waals surface area contributed by atoms with Crippen LogP contribution in [0.1, 0.15) is 17.3 Å². The number of hydrogen-bond donors (Lipinski definition) is 0. The first-order valence-electron chi connectivity index (χ1n) is 11.0. The van der Waals surface area contributed by atoms with Crippen LogP contribution < -0.4 is 14.2 Å². The molecule has 6 nitrogen and oxygen atoms in total. The van der Waals surface area contributed by atoms with Gasteiger partial charge in [-0.2, -0.15) is 10.2 Å². The molecule has 0 bridgehead atoms. The number of benzene rings is 4. The Morgan fingerprint density at radius 1 is 0.771 bits per heavy atom. The number of rotatable bonds is 8. The molecular weight excluding hydrogens is 508 g/mol. The Hall–Kier alpha value is -3.97. The van der Waals surface area contributed by atoms with Gasteiger partial charge in [0.1, 0.15) is 17.2 Å². The zero-order chi connectivity index (χ0) is 24.6. The summed E-state index contributed by atoms with van der Waals surface area (Å²) in [6.07, 6.45) is 0. The van der Waals surface area contributed by atoms with Gasteiger partial charge in [0, 0.05) is 0 Å². The highest BCUT2D eigenvalue weighted by Gasteiger charge is 2.10. The number of esters is 1. The predicted molar refractivity (Wildman–Crippen MR) is 139 cm³/mol. The summed E-state index contributed by atoms with van der Waals surface area (Å²) in [5.41, 5.74) is 3.81. The van der Waals surface area contributed by atoms with E-state index < -0.39 is 5.97 Å². The Morgan fingerprint density at radius 2 is 1.34 bits per heavy atom. The molecule has 0 amide bonds. The lowest BCUT2D eigenvalue weighted by Crippen LogP contribution is -2.08. The van der Waals surface area contributed by atoms with Crippen LogP contribution in [0, 0.1) is 0 Å². The number of halogens is 1. The van der Waals surface area contributed by atoms with E-state index in [0.717, 1.165) is 32.8 Å². The smallest absolute Gasteiger partial charge is 0.343 e. The molecule has 0 aliphatic carbocycles. The Morgan fingerprint density at radius 3 is 1.89 bits per heavy atom. The van der Waals surface area contributed by atoms with Crippen molar-refractivity contribution >= 4 is 33.3 Å². The minimum atomic E-state index is -0.434. The first kappa shape index (κ1) is 24.2. The third-order valence-corrected chi connectivity index (χ3v) is 5.70. The topological polar surface area (TPSA) is 69.5 Å². The largest absolute Gasteiger partial charge is 0.496 e. The molecule has 0 aromatic heterocycles. The highest BCUT2D eigenvalue weighted by Crippen LogP contribution is 2.31. The van der Waals surface area contributed by atoms with Crippen molar-refractivity contribution in [1.82, 2.24) is 0 Å². The van der Waals surface area contributed by atoms with Crippen LogP contribution in [0.3, 0.4) is 0 Å². The van der Waals surface area contributed by atoms with Crippen molar-refractivity contribution in [2.45, 2.75) is 6.92 Å². The van der Waals surface area contributed by atoms with Gasteiger partial charge in [0.15, 0.2) is 0 Å². The van der Waals surface area contributed by atoms with Crippen LogP contribution >= 0.6 is 15.9 Å². The molecule has 35 heavy (non-hydrogen) atoms. The standard InChI is InChI=1S/C28H23BrN2O4/c1-3-34-24-13-9-22(10-14-24)30-31-23-11-15-25(16-12-23)35-28(32)20-6-4-19(5-7-20)21-8-17-27(33-2)26(29)18-21/h4-18H,3H2,1-2H3. The first-order chi connectivity index (χ1) is 17.1. The third-order valence-electron chi connectivity index (χ3n) is 5.08. The third kappa shape index (κ3) is 6.33. The van der Waals surface area contributed by atoms with Gasteiger partial charge in [-0.1, -0.05) is 18.2 Å². The number of nitrogens with zero attached hydrogens (tertiary/aromatic N) is 2. The second kappa shape index (κ2) is 11.4. The van der Waals surface area contributed by atoms with Gasteiger partial charge in [0.2, 0.25) is 0 Å². The normalized spacial score (nSPS) is 10.8. The minimum Gasteiger partial charge on any atom is -0.496 e. The van der Waals surface area contributed by atoms with Crippen LogP contribution in [0.25, 0.3) is 11.1 Å². The van der Waals surface area contributed by atoms with Crippen LogP contribution in [0.2, 0.25) is 0 Å². The summed E-state index contributed by atoms with van der Waals surface area (Å²) in [7, 11) is 1.63. The lowest BCUT2D eigenvalue weighted by atomic mass is 10.0. The molecule has 0 fully saturated rings. The Balaban J connectivity index is 1.37. The lowest BCUT2D eigenvalue weighted by Gasteiger charge is -2.08. The Labute approximate surface area is 212 Å². The summed E-state index contributed by atoms with van der Waals surface area (Å²) >= 11 is 3.50. The number of azo groups is 1. The van der Waals surface area contributed by atoms with E-state index in [-0.39, 0.29) is 0 Å². The molecule has 0 atom stereocenters. The Bertz CT molecular complexity index is 1320. The highest BCUT2D eigenvalue weighted by atomic mass is 79.9. The molecule has 176 valence electrons. The maximum Gasteiger partial charge on any atom is 0.343 e. The number of carbonyl (C=O) groups is 1. The van der Waals surface area contributed by atoms with Crippen molar-refractivity contribution < 1.29 is 19.0 Å². The molecule has 0 saturated heterocycles. The monoisotopic (exact) mass is 530 g/mol. The van der Waals surface area contributed by atoms with Gasteiger partial charge in [-0.3, -0.25) is 0 Å². The molecule has 0 aliphatic heterocycles. The molecular formula is C28H23BrN2O4. The SMILES string of the molecule is CCOc1ccc(N=Nc2ccc(OC(=O)c3ccc(-c4ccc(OC)c(Br)c4)cc3)cc2)cc1.